The maximum absolute atomic E-state index is 2.37. The van der Waals surface area contributed by atoms with Crippen LogP contribution in [0.25, 0.3) is 0 Å². The molecule has 0 atom stereocenters. The van der Waals surface area contributed by atoms with Gasteiger partial charge in [-0.15, -0.1) is 0 Å². The molecule has 0 aromatic heterocycles. The van der Waals surface area contributed by atoms with E-state index >= 15 is 0 Å². The van der Waals surface area contributed by atoms with Gasteiger partial charge in [-0.3, -0.25) is 0 Å². The quantitative estimate of drug-likeness (QED) is 0.761. The molecule has 0 aliphatic heterocycles. The van der Waals surface area contributed by atoms with Gasteiger partial charge in [0.05, 0.1) is 0 Å². The molecule has 1 nitrogen and oxygen atoms in total. The number of nitrogens with zero attached hydrogens (tertiary/aromatic N) is 1. The molecule has 2 heteroatoms. The first-order valence-corrected chi connectivity index (χ1v) is 5.01. The SMILES string of the molecule is CC(C)N([CH]=[W])C(C)C. The van der Waals surface area contributed by atoms with Gasteiger partial charge in [0.1, 0.15) is 0 Å². The Bertz CT molecular complexity index is 80.9. The first-order chi connectivity index (χ1) is 4.09. The fourth-order valence-corrected chi connectivity index (χ4v) is 2.59. The molecule has 0 spiro atoms. The van der Waals surface area contributed by atoms with Gasteiger partial charge in [0.2, 0.25) is 0 Å². The van der Waals surface area contributed by atoms with Crippen LogP contribution in [0.5, 0.6) is 0 Å². The Kier molecular flexibility index (Phi) is 4.60. The van der Waals surface area contributed by atoms with Gasteiger partial charge in [0, 0.05) is 0 Å². The second-order valence-corrected chi connectivity index (χ2v) is 3.50. The molecule has 0 heterocycles. The molecule has 0 saturated carbocycles. The number of hydrogen-bond acceptors (Lipinski definition) is 1. The first kappa shape index (κ1) is 9.52. The molecule has 0 aromatic rings. The van der Waals surface area contributed by atoms with Crippen LogP contribution in [-0.2, 0) is 19.4 Å². The standard InChI is InChI=1S/C7H15N.W/c1-6(2)8(5)7(3)4;/h5-7H,1-4H3;. The second-order valence-electron chi connectivity index (χ2n) is 2.74. The van der Waals surface area contributed by atoms with Gasteiger partial charge in [-0.2, -0.15) is 0 Å². The van der Waals surface area contributed by atoms with E-state index in [-0.39, 0.29) is 0 Å². The van der Waals surface area contributed by atoms with Gasteiger partial charge in [0.15, 0.2) is 0 Å². The topological polar surface area (TPSA) is 3.24 Å². The fourth-order valence-electron chi connectivity index (χ4n) is 0.840. The van der Waals surface area contributed by atoms with E-state index in [1.54, 1.807) is 0 Å². The van der Waals surface area contributed by atoms with Crippen molar-refractivity contribution in [2.75, 3.05) is 0 Å². The van der Waals surface area contributed by atoms with Gasteiger partial charge >= 0.3 is 68.6 Å². The van der Waals surface area contributed by atoms with Crippen molar-refractivity contribution in [1.29, 1.82) is 0 Å². The predicted molar refractivity (Wildman–Crippen MR) is 38.2 cm³/mol. The second kappa shape index (κ2) is 4.35. The average molecular weight is 297 g/mol. The van der Waals surface area contributed by atoms with Crippen LogP contribution in [0.3, 0.4) is 0 Å². The Morgan fingerprint density at radius 1 is 1.11 bits per heavy atom. The summed E-state index contributed by atoms with van der Waals surface area (Å²) in [5.74, 6) is 0. The van der Waals surface area contributed by atoms with Gasteiger partial charge < -0.3 is 0 Å². The third-order valence-corrected chi connectivity index (χ3v) is 2.19. The van der Waals surface area contributed by atoms with Crippen LogP contribution in [0.1, 0.15) is 27.7 Å². The van der Waals surface area contributed by atoms with Crippen molar-refractivity contribution >= 4 is 4.52 Å². The summed E-state index contributed by atoms with van der Waals surface area (Å²) in [6.45, 7) is 8.89. The number of rotatable bonds is 3. The van der Waals surface area contributed by atoms with Gasteiger partial charge in [0.25, 0.3) is 0 Å². The summed E-state index contributed by atoms with van der Waals surface area (Å²) in [5.41, 5.74) is 0. The molecule has 0 N–H and O–H groups in total. The van der Waals surface area contributed by atoms with Crippen molar-refractivity contribution in [2.45, 2.75) is 39.8 Å². The molecule has 0 aliphatic rings. The summed E-state index contributed by atoms with van der Waals surface area (Å²) in [6, 6.07) is 1.31. The summed E-state index contributed by atoms with van der Waals surface area (Å²) < 4.78 is 2.23. The summed E-state index contributed by atoms with van der Waals surface area (Å²) in [7, 11) is 0. The number of hydrogen-bond donors (Lipinski definition) is 0. The Hall–Kier alpha value is 0.518. The predicted octanol–water partition coefficient (Wildman–Crippen LogP) is 1.41. The van der Waals surface area contributed by atoms with Crippen LogP contribution in [-0.4, -0.2) is 21.5 Å². The third kappa shape index (κ3) is 3.27. The van der Waals surface area contributed by atoms with E-state index in [2.05, 4.69) is 37.1 Å². The molecule has 0 rings (SSSR count). The Labute approximate surface area is 68.8 Å². The molecule has 9 heavy (non-hydrogen) atoms. The Morgan fingerprint density at radius 2 is 1.44 bits per heavy atom. The zero-order valence-corrected chi connectivity index (χ0v) is 9.52. The van der Waals surface area contributed by atoms with E-state index in [0.717, 1.165) is 0 Å². The summed E-state index contributed by atoms with van der Waals surface area (Å²) in [5, 5.41) is 0. The molecular formula is C7H15NW. The fraction of sp³-hybridized carbons (Fsp3) is 0.857. The molecule has 0 aliphatic carbocycles. The summed E-state index contributed by atoms with van der Waals surface area (Å²) in [6.07, 6.45) is 0. The van der Waals surface area contributed by atoms with E-state index in [0.29, 0.717) is 12.1 Å². The molecule has 0 radical (unpaired) electrons. The first-order valence-electron chi connectivity index (χ1n) is 3.32. The van der Waals surface area contributed by atoms with Crippen molar-refractivity contribution < 1.29 is 19.4 Å². The monoisotopic (exact) mass is 297 g/mol. The van der Waals surface area contributed by atoms with Gasteiger partial charge in [-0.05, 0) is 0 Å². The van der Waals surface area contributed by atoms with Gasteiger partial charge in [-0.25, -0.2) is 0 Å². The molecule has 54 valence electrons. The van der Waals surface area contributed by atoms with Gasteiger partial charge in [-0.1, -0.05) is 0 Å². The summed E-state index contributed by atoms with van der Waals surface area (Å²) in [4.78, 5) is 2.37. The molecule has 0 amide bonds. The van der Waals surface area contributed by atoms with E-state index in [1.807, 2.05) is 0 Å². The normalized spacial score (nSPS) is 11.4. The van der Waals surface area contributed by atoms with E-state index in [9.17, 15) is 0 Å². The minimum atomic E-state index is 0.655. The average Bonchev–Trinajstić information content (AvgIpc) is 1.64. The van der Waals surface area contributed by atoms with E-state index in [4.69, 9.17) is 0 Å². The Balaban J connectivity index is 3.82. The minimum absolute atomic E-state index is 0.655. The molecular weight excluding hydrogens is 282 g/mol. The van der Waals surface area contributed by atoms with Crippen LogP contribution in [0.15, 0.2) is 0 Å². The van der Waals surface area contributed by atoms with Crippen molar-refractivity contribution in [2.24, 2.45) is 0 Å². The molecule has 0 unspecified atom stereocenters. The van der Waals surface area contributed by atoms with E-state index in [1.165, 1.54) is 19.4 Å². The van der Waals surface area contributed by atoms with Crippen LogP contribution >= 0.6 is 0 Å². The molecule has 0 aromatic carbocycles. The van der Waals surface area contributed by atoms with Crippen molar-refractivity contribution in [1.82, 2.24) is 4.90 Å². The zero-order chi connectivity index (χ0) is 7.44. The van der Waals surface area contributed by atoms with Crippen molar-refractivity contribution in [3.05, 3.63) is 0 Å². The third-order valence-electron chi connectivity index (χ3n) is 1.31. The van der Waals surface area contributed by atoms with Crippen LogP contribution in [0.4, 0.5) is 0 Å². The molecule has 0 saturated heterocycles. The van der Waals surface area contributed by atoms with Crippen LogP contribution in [0, 0.1) is 0 Å². The van der Waals surface area contributed by atoms with E-state index < -0.39 is 0 Å². The molecule has 0 bridgehead atoms. The van der Waals surface area contributed by atoms with Crippen LogP contribution in [0.2, 0.25) is 0 Å². The van der Waals surface area contributed by atoms with Crippen molar-refractivity contribution in [3.8, 4) is 0 Å². The summed E-state index contributed by atoms with van der Waals surface area (Å²) >= 11 is 1.53. The zero-order valence-electron chi connectivity index (χ0n) is 6.59. The Morgan fingerprint density at radius 3 is 1.44 bits per heavy atom. The van der Waals surface area contributed by atoms with Crippen LogP contribution < -0.4 is 0 Å². The van der Waals surface area contributed by atoms with Crippen molar-refractivity contribution in [3.63, 3.8) is 0 Å². The maximum atomic E-state index is 2.37. The molecule has 0 fully saturated rings.